The number of benzene rings is 1. The number of methoxy groups -OCH3 is 1. The van der Waals surface area contributed by atoms with Crippen LogP contribution in [0.3, 0.4) is 0 Å². The first-order chi connectivity index (χ1) is 7.95. The van der Waals surface area contributed by atoms with Crippen LogP contribution >= 0.6 is 11.6 Å². The highest BCUT2D eigenvalue weighted by atomic mass is 35.5. The third kappa shape index (κ3) is 3.56. The maximum absolute atomic E-state index is 11.9. The second-order valence-electron chi connectivity index (χ2n) is 4.07. The summed E-state index contributed by atoms with van der Waals surface area (Å²) in [6.45, 7) is 3.54. The Kier molecular flexibility index (Phi) is 4.70. The molecule has 0 fully saturated rings. The van der Waals surface area contributed by atoms with E-state index in [2.05, 4.69) is 0 Å². The van der Waals surface area contributed by atoms with Crippen LogP contribution in [-0.4, -0.2) is 18.7 Å². The summed E-state index contributed by atoms with van der Waals surface area (Å²) in [6, 6.07) is 4.78. The molecule has 0 aliphatic heterocycles. The van der Waals surface area contributed by atoms with Crippen molar-refractivity contribution in [3.63, 3.8) is 0 Å². The maximum atomic E-state index is 11.9. The fourth-order valence-corrected chi connectivity index (χ4v) is 1.53. The average Bonchev–Trinajstić information content (AvgIpc) is 2.28. The number of hydrogen-bond donors (Lipinski definition) is 0. The van der Waals surface area contributed by atoms with Crippen molar-refractivity contribution in [1.29, 1.82) is 0 Å². The van der Waals surface area contributed by atoms with Gasteiger partial charge in [-0.3, -0.25) is 9.59 Å². The molecule has 3 nitrogen and oxygen atoms in total. The minimum Gasteiger partial charge on any atom is -0.496 e. The lowest BCUT2D eigenvalue weighted by Crippen LogP contribution is -2.14. The summed E-state index contributed by atoms with van der Waals surface area (Å²) >= 11 is 5.82. The third-order valence-electron chi connectivity index (χ3n) is 2.44. The van der Waals surface area contributed by atoms with Crippen LogP contribution in [-0.2, 0) is 4.79 Å². The predicted molar refractivity (Wildman–Crippen MR) is 66.8 cm³/mol. The fourth-order valence-electron chi connectivity index (χ4n) is 1.36. The van der Waals surface area contributed by atoms with Gasteiger partial charge in [-0.2, -0.15) is 0 Å². The number of carbonyl (C=O) groups is 2. The Bertz CT molecular complexity index is 438. The minimum atomic E-state index is -0.261. The Hall–Kier alpha value is -1.35. The monoisotopic (exact) mass is 254 g/mol. The molecule has 0 saturated carbocycles. The summed E-state index contributed by atoms with van der Waals surface area (Å²) in [5, 5.41) is 0.450. The molecule has 0 spiro atoms. The molecule has 0 N–H and O–H groups in total. The van der Waals surface area contributed by atoms with Gasteiger partial charge in [-0.15, -0.1) is 0 Å². The van der Waals surface area contributed by atoms with Gasteiger partial charge in [0, 0.05) is 10.9 Å². The summed E-state index contributed by atoms with van der Waals surface area (Å²) < 4.78 is 5.07. The quantitative estimate of drug-likeness (QED) is 0.599. The standard InChI is InChI=1S/C13H15ClO3/c1-8(2)11(15)7-12(16)10-6-9(14)4-5-13(10)17-3/h4-6,8H,7H2,1-3H3. The molecule has 17 heavy (non-hydrogen) atoms. The highest BCUT2D eigenvalue weighted by Crippen LogP contribution is 2.24. The van der Waals surface area contributed by atoms with E-state index < -0.39 is 0 Å². The van der Waals surface area contributed by atoms with Gasteiger partial charge in [0.1, 0.15) is 11.5 Å². The molecule has 4 heteroatoms. The Labute approximate surface area is 106 Å². The summed E-state index contributed by atoms with van der Waals surface area (Å²) in [7, 11) is 1.48. The van der Waals surface area contributed by atoms with Gasteiger partial charge in [-0.25, -0.2) is 0 Å². The molecule has 0 saturated heterocycles. The van der Waals surface area contributed by atoms with E-state index in [-0.39, 0.29) is 23.9 Å². The zero-order valence-electron chi connectivity index (χ0n) is 10.1. The van der Waals surface area contributed by atoms with Crippen LogP contribution in [0.1, 0.15) is 30.6 Å². The van der Waals surface area contributed by atoms with Crippen molar-refractivity contribution in [3.8, 4) is 5.75 Å². The number of halogens is 1. The molecule has 1 rings (SSSR count). The van der Waals surface area contributed by atoms with Crippen molar-refractivity contribution in [3.05, 3.63) is 28.8 Å². The number of hydrogen-bond acceptors (Lipinski definition) is 3. The second-order valence-corrected chi connectivity index (χ2v) is 4.50. The van der Waals surface area contributed by atoms with Crippen molar-refractivity contribution in [2.75, 3.05) is 7.11 Å². The molecule has 0 aromatic heterocycles. The lowest BCUT2D eigenvalue weighted by Gasteiger charge is -2.08. The van der Waals surface area contributed by atoms with Crippen LogP contribution in [0.2, 0.25) is 5.02 Å². The summed E-state index contributed by atoms with van der Waals surface area (Å²) in [5.41, 5.74) is 0.356. The zero-order valence-corrected chi connectivity index (χ0v) is 10.9. The molecule has 0 heterocycles. The summed E-state index contributed by atoms with van der Waals surface area (Å²) in [6.07, 6.45) is -0.117. The van der Waals surface area contributed by atoms with Gasteiger partial charge in [-0.1, -0.05) is 25.4 Å². The van der Waals surface area contributed by atoms with E-state index in [9.17, 15) is 9.59 Å². The molecular formula is C13H15ClO3. The number of carbonyl (C=O) groups excluding carboxylic acids is 2. The van der Waals surface area contributed by atoms with Gasteiger partial charge in [0.15, 0.2) is 5.78 Å². The van der Waals surface area contributed by atoms with E-state index in [4.69, 9.17) is 16.3 Å². The number of ether oxygens (including phenoxy) is 1. The van der Waals surface area contributed by atoms with Crippen molar-refractivity contribution >= 4 is 23.2 Å². The molecule has 0 aliphatic carbocycles. The molecule has 0 bridgehead atoms. The van der Waals surface area contributed by atoms with Gasteiger partial charge in [0.25, 0.3) is 0 Å². The van der Waals surface area contributed by atoms with E-state index in [1.54, 1.807) is 26.0 Å². The number of rotatable bonds is 5. The Morgan fingerprint density at radius 1 is 1.35 bits per heavy atom. The smallest absolute Gasteiger partial charge is 0.174 e. The first-order valence-electron chi connectivity index (χ1n) is 5.35. The topological polar surface area (TPSA) is 43.4 Å². The van der Waals surface area contributed by atoms with E-state index in [1.165, 1.54) is 13.2 Å². The van der Waals surface area contributed by atoms with Crippen LogP contribution < -0.4 is 4.74 Å². The van der Waals surface area contributed by atoms with E-state index in [1.807, 2.05) is 0 Å². The van der Waals surface area contributed by atoms with Crippen LogP contribution in [0.25, 0.3) is 0 Å². The average molecular weight is 255 g/mol. The first kappa shape index (κ1) is 13.7. The Balaban J connectivity index is 2.95. The van der Waals surface area contributed by atoms with Gasteiger partial charge >= 0.3 is 0 Å². The van der Waals surface area contributed by atoms with Crippen molar-refractivity contribution in [2.45, 2.75) is 20.3 Å². The van der Waals surface area contributed by atoms with Crippen LogP contribution in [0.15, 0.2) is 18.2 Å². The molecule has 0 amide bonds. The third-order valence-corrected chi connectivity index (χ3v) is 2.68. The molecule has 0 atom stereocenters. The van der Waals surface area contributed by atoms with E-state index in [0.29, 0.717) is 16.3 Å². The van der Waals surface area contributed by atoms with Crippen LogP contribution in [0.5, 0.6) is 5.75 Å². The first-order valence-corrected chi connectivity index (χ1v) is 5.73. The van der Waals surface area contributed by atoms with Gasteiger partial charge in [0.2, 0.25) is 0 Å². The lowest BCUT2D eigenvalue weighted by molar-refractivity contribution is -0.121. The molecule has 0 unspecified atom stereocenters. The Morgan fingerprint density at radius 2 is 2.00 bits per heavy atom. The molecule has 1 aromatic rings. The second kappa shape index (κ2) is 5.82. The predicted octanol–water partition coefficient (Wildman–Crippen LogP) is 3.15. The van der Waals surface area contributed by atoms with Gasteiger partial charge in [0.05, 0.1) is 19.1 Å². The van der Waals surface area contributed by atoms with Gasteiger partial charge < -0.3 is 4.74 Å². The number of ketones is 2. The van der Waals surface area contributed by atoms with Gasteiger partial charge in [-0.05, 0) is 18.2 Å². The van der Waals surface area contributed by atoms with Crippen molar-refractivity contribution in [2.24, 2.45) is 5.92 Å². The minimum absolute atomic E-state index is 0.0861. The molecular weight excluding hydrogens is 240 g/mol. The fraction of sp³-hybridized carbons (Fsp3) is 0.385. The largest absolute Gasteiger partial charge is 0.496 e. The normalized spacial score (nSPS) is 10.4. The Morgan fingerprint density at radius 3 is 2.53 bits per heavy atom. The van der Waals surface area contributed by atoms with Crippen LogP contribution in [0, 0.1) is 5.92 Å². The summed E-state index contributed by atoms with van der Waals surface area (Å²) in [5.74, 6) is -0.0554. The van der Waals surface area contributed by atoms with Crippen molar-refractivity contribution in [1.82, 2.24) is 0 Å². The maximum Gasteiger partial charge on any atom is 0.174 e. The van der Waals surface area contributed by atoms with E-state index in [0.717, 1.165) is 0 Å². The van der Waals surface area contributed by atoms with E-state index >= 15 is 0 Å². The zero-order chi connectivity index (χ0) is 13.0. The van der Waals surface area contributed by atoms with Crippen molar-refractivity contribution < 1.29 is 14.3 Å². The SMILES string of the molecule is COc1ccc(Cl)cc1C(=O)CC(=O)C(C)C. The molecule has 0 aliphatic rings. The highest BCUT2D eigenvalue weighted by molar-refractivity contribution is 6.31. The molecule has 92 valence electrons. The number of Topliss-reactive ketones (excluding diaryl/α,β-unsaturated/α-hetero) is 2. The van der Waals surface area contributed by atoms with Crippen LogP contribution in [0.4, 0.5) is 0 Å². The molecule has 1 aromatic carbocycles. The highest BCUT2D eigenvalue weighted by Gasteiger charge is 2.18. The summed E-state index contributed by atoms with van der Waals surface area (Å²) in [4.78, 5) is 23.4. The lowest BCUT2D eigenvalue weighted by atomic mass is 9.99. The molecule has 0 radical (unpaired) electrons.